The number of para-hydroxylation sites is 1. The third-order valence-electron chi connectivity index (χ3n) is 4.60. The minimum Gasteiger partial charge on any atom is -0.379 e. The molecule has 7 nitrogen and oxygen atoms in total. The first kappa shape index (κ1) is 15.8. The lowest BCUT2D eigenvalue weighted by Gasteiger charge is -2.25. The molecule has 0 unspecified atom stereocenters. The normalized spacial score (nSPS) is 15.9. The van der Waals surface area contributed by atoms with Crippen LogP contribution in [0.2, 0.25) is 0 Å². The lowest BCUT2D eigenvalue weighted by Crippen LogP contribution is -2.36. The van der Waals surface area contributed by atoms with E-state index < -0.39 is 0 Å². The minimum absolute atomic E-state index is 0.740. The Morgan fingerprint density at radius 2 is 2.00 bits per heavy atom. The predicted molar refractivity (Wildman–Crippen MR) is 100 cm³/mol. The molecule has 4 aromatic rings. The van der Waals surface area contributed by atoms with E-state index in [4.69, 9.17) is 9.84 Å². The van der Waals surface area contributed by atoms with E-state index in [1.54, 1.807) is 11.3 Å². The molecular weight excluding hydrogens is 348 g/mol. The molecule has 1 aliphatic rings. The first-order valence-corrected chi connectivity index (χ1v) is 9.47. The van der Waals surface area contributed by atoms with Crippen molar-refractivity contribution in [3.05, 3.63) is 41.9 Å². The van der Waals surface area contributed by atoms with Crippen molar-refractivity contribution in [3.8, 4) is 10.6 Å². The fraction of sp³-hybridized carbons (Fsp3) is 0.333. The Morgan fingerprint density at radius 1 is 1.15 bits per heavy atom. The summed E-state index contributed by atoms with van der Waals surface area (Å²) in [7, 11) is 0. The number of morpholine rings is 1. The van der Waals surface area contributed by atoms with Crippen molar-refractivity contribution in [1.82, 2.24) is 29.7 Å². The number of hydrogen-bond acceptors (Lipinski definition) is 7. The van der Waals surface area contributed by atoms with Crippen molar-refractivity contribution in [2.75, 3.05) is 26.3 Å². The minimum atomic E-state index is 0.740. The lowest BCUT2D eigenvalue weighted by molar-refractivity contribution is 0.0328. The van der Waals surface area contributed by atoms with E-state index in [-0.39, 0.29) is 0 Å². The Hall–Kier alpha value is -2.42. The molecule has 0 bridgehead atoms. The lowest BCUT2D eigenvalue weighted by atomic mass is 10.1. The molecule has 5 rings (SSSR count). The van der Waals surface area contributed by atoms with Gasteiger partial charge < -0.3 is 4.74 Å². The number of fused-ring (bicyclic) bond motifs is 2. The van der Waals surface area contributed by atoms with Crippen molar-refractivity contribution < 1.29 is 4.74 Å². The van der Waals surface area contributed by atoms with Gasteiger partial charge in [0, 0.05) is 29.7 Å². The molecule has 3 aromatic heterocycles. The Morgan fingerprint density at radius 3 is 2.88 bits per heavy atom. The Balaban J connectivity index is 1.56. The van der Waals surface area contributed by atoms with E-state index in [9.17, 15) is 0 Å². The van der Waals surface area contributed by atoms with E-state index in [0.717, 1.165) is 70.8 Å². The molecule has 8 heteroatoms. The summed E-state index contributed by atoms with van der Waals surface area (Å²) in [4.78, 5) is 7.77. The van der Waals surface area contributed by atoms with E-state index >= 15 is 0 Å². The van der Waals surface area contributed by atoms with Crippen molar-refractivity contribution in [1.29, 1.82) is 0 Å². The van der Waals surface area contributed by atoms with Gasteiger partial charge in [-0.1, -0.05) is 29.5 Å². The van der Waals surface area contributed by atoms with Gasteiger partial charge in [-0.2, -0.15) is 9.61 Å². The second-order valence-corrected chi connectivity index (χ2v) is 7.39. The molecule has 1 aromatic carbocycles. The SMILES string of the molecule is Cc1cc(-c2nn3c(CN4CCOCC4)nnc3s2)c2ccccc2n1. The zero-order chi connectivity index (χ0) is 17.5. The summed E-state index contributed by atoms with van der Waals surface area (Å²) >= 11 is 1.56. The molecule has 1 fully saturated rings. The largest absolute Gasteiger partial charge is 0.379 e. The Bertz CT molecular complexity index is 1080. The topological polar surface area (TPSA) is 68.4 Å². The summed E-state index contributed by atoms with van der Waals surface area (Å²) in [6, 6.07) is 10.3. The summed E-state index contributed by atoms with van der Waals surface area (Å²) in [5.41, 5.74) is 3.07. The number of pyridine rings is 1. The molecular formula is C18H18N6OS. The summed E-state index contributed by atoms with van der Waals surface area (Å²) in [5, 5.41) is 15.5. The van der Waals surface area contributed by atoms with Gasteiger partial charge in [-0.25, -0.2) is 0 Å². The van der Waals surface area contributed by atoms with Crippen LogP contribution in [0.3, 0.4) is 0 Å². The average Bonchev–Trinajstić information content (AvgIpc) is 3.24. The maximum Gasteiger partial charge on any atom is 0.235 e. The van der Waals surface area contributed by atoms with Crippen LogP contribution in [0.4, 0.5) is 0 Å². The van der Waals surface area contributed by atoms with Gasteiger partial charge in [-0.15, -0.1) is 10.2 Å². The number of rotatable bonds is 3. The van der Waals surface area contributed by atoms with Gasteiger partial charge in [-0.3, -0.25) is 9.88 Å². The molecule has 0 aliphatic carbocycles. The van der Waals surface area contributed by atoms with E-state index in [1.807, 2.05) is 29.6 Å². The van der Waals surface area contributed by atoms with Gasteiger partial charge in [0.15, 0.2) is 5.82 Å². The molecule has 0 spiro atoms. The molecule has 1 saturated heterocycles. The van der Waals surface area contributed by atoms with Crippen molar-refractivity contribution in [2.45, 2.75) is 13.5 Å². The zero-order valence-corrected chi connectivity index (χ0v) is 15.2. The molecule has 4 heterocycles. The zero-order valence-electron chi connectivity index (χ0n) is 14.4. The number of hydrogen-bond donors (Lipinski definition) is 0. The first-order valence-electron chi connectivity index (χ1n) is 8.66. The highest BCUT2D eigenvalue weighted by Gasteiger charge is 2.18. The third kappa shape index (κ3) is 2.76. The van der Waals surface area contributed by atoms with E-state index in [1.165, 1.54) is 0 Å². The Labute approximate surface area is 154 Å². The van der Waals surface area contributed by atoms with Crippen molar-refractivity contribution >= 4 is 27.2 Å². The maximum absolute atomic E-state index is 5.42. The highest BCUT2D eigenvalue weighted by Crippen LogP contribution is 2.31. The van der Waals surface area contributed by atoms with Crippen LogP contribution in [-0.4, -0.2) is 56.0 Å². The Kier molecular flexibility index (Phi) is 3.88. The van der Waals surface area contributed by atoms with Crippen LogP contribution in [0, 0.1) is 6.92 Å². The second kappa shape index (κ2) is 6.39. The van der Waals surface area contributed by atoms with Gasteiger partial charge in [0.05, 0.1) is 25.3 Å². The molecule has 0 atom stereocenters. The highest BCUT2D eigenvalue weighted by molar-refractivity contribution is 7.19. The second-order valence-electron chi connectivity index (χ2n) is 6.43. The number of ether oxygens (including phenoxy) is 1. The first-order chi connectivity index (χ1) is 12.8. The summed E-state index contributed by atoms with van der Waals surface area (Å²) in [6.07, 6.45) is 0. The molecule has 0 N–H and O–H groups in total. The van der Waals surface area contributed by atoms with Gasteiger partial charge in [0.1, 0.15) is 5.01 Å². The van der Waals surface area contributed by atoms with Gasteiger partial charge >= 0.3 is 0 Å². The summed E-state index contributed by atoms with van der Waals surface area (Å²) in [5.74, 6) is 0.875. The fourth-order valence-electron chi connectivity index (χ4n) is 3.31. The van der Waals surface area contributed by atoms with Gasteiger partial charge in [0.25, 0.3) is 0 Å². The van der Waals surface area contributed by atoms with Crippen LogP contribution in [0.1, 0.15) is 11.5 Å². The number of nitrogens with zero attached hydrogens (tertiary/aromatic N) is 6. The number of benzene rings is 1. The standard InChI is InChI=1S/C18H18N6OS/c1-12-10-14(13-4-2-3-5-15(13)19-12)17-22-24-16(20-21-18(24)26-17)11-23-6-8-25-9-7-23/h2-5,10H,6-9,11H2,1H3. The van der Waals surface area contributed by atoms with Gasteiger partial charge in [-0.05, 0) is 19.1 Å². The molecule has 0 saturated carbocycles. The highest BCUT2D eigenvalue weighted by atomic mass is 32.1. The molecule has 26 heavy (non-hydrogen) atoms. The van der Waals surface area contributed by atoms with Crippen LogP contribution in [0.5, 0.6) is 0 Å². The number of aromatic nitrogens is 5. The van der Waals surface area contributed by atoms with Crippen LogP contribution in [-0.2, 0) is 11.3 Å². The monoisotopic (exact) mass is 366 g/mol. The summed E-state index contributed by atoms with van der Waals surface area (Å²) in [6.45, 7) is 6.13. The third-order valence-corrected chi connectivity index (χ3v) is 5.53. The van der Waals surface area contributed by atoms with Gasteiger partial charge in [0.2, 0.25) is 4.96 Å². The smallest absolute Gasteiger partial charge is 0.235 e. The molecule has 0 radical (unpaired) electrons. The van der Waals surface area contributed by atoms with Crippen LogP contribution in [0.15, 0.2) is 30.3 Å². The number of aryl methyl sites for hydroxylation is 1. The predicted octanol–water partition coefficient (Wildman–Crippen LogP) is 2.54. The van der Waals surface area contributed by atoms with Crippen molar-refractivity contribution in [2.24, 2.45) is 0 Å². The van der Waals surface area contributed by atoms with E-state index in [0.29, 0.717) is 0 Å². The molecule has 132 valence electrons. The average molecular weight is 366 g/mol. The summed E-state index contributed by atoms with van der Waals surface area (Å²) < 4.78 is 7.29. The molecule has 0 amide bonds. The van der Waals surface area contributed by atoms with Crippen LogP contribution in [0.25, 0.3) is 26.4 Å². The van der Waals surface area contributed by atoms with Crippen molar-refractivity contribution in [3.63, 3.8) is 0 Å². The van der Waals surface area contributed by atoms with E-state index in [2.05, 4.69) is 32.2 Å². The maximum atomic E-state index is 5.42. The van der Waals surface area contributed by atoms with Crippen LogP contribution < -0.4 is 0 Å². The van der Waals surface area contributed by atoms with Crippen LogP contribution >= 0.6 is 11.3 Å². The molecule has 1 aliphatic heterocycles. The quantitative estimate of drug-likeness (QED) is 0.555. The fourth-order valence-corrected chi connectivity index (χ4v) is 4.20.